The van der Waals surface area contributed by atoms with Crippen molar-refractivity contribution in [3.05, 3.63) is 61.1 Å². The lowest BCUT2D eigenvalue weighted by molar-refractivity contribution is -0.384. The molecule has 1 N–H and O–H groups in total. The summed E-state index contributed by atoms with van der Waals surface area (Å²) in [7, 11) is 1.41. The van der Waals surface area contributed by atoms with Gasteiger partial charge in [-0.3, -0.25) is 14.9 Å². The molecule has 0 aliphatic rings. The van der Waals surface area contributed by atoms with Gasteiger partial charge in [0.25, 0.3) is 11.6 Å². The topological polar surface area (TPSA) is 81.5 Å². The van der Waals surface area contributed by atoms with E-state index in [2.05, 4.69) is 5.32 Å². The first kappa shape index (κ1) is 18.0. The Kier molecular flexibility index (Phi) is 5.31. The molecule has 0 aromatic heterocycles. The van der Waals surface area contributed by atoms with Crippen molar-refractivity contribution in [3.8, 4) is 5.75 Å². The van der Waals surface area contributed by atoms with E-state index in [1.165, 1.54) is 25.3 Å². The second-order valence-electron chi connectivity index (χ2n) is 5.09. The second kappa shape index (κ2) is 7.07. The fourth-order valence-corrected chi connectivity index (χ4v) is 2.82. The van der Waals surface area contributed by atoms with E-state index in [0.29, 0.717) is 5.56 Å². The highest BCUT2D eigenvalue weighted by Gasteiger charge is 2.21. The lowest BCUT2D eigenvalue weighted by atomic mass is 10.1. The summed E-state index contributed by atoms with van der Waals surface area (Å²) >= 11 is 12.0. The lowest BCUT2D eigenvalue weighted by Gasteiger charge is -2.12. The van der Waals surface area contributed by atoms with Gasteiger partial charge in [0.1, 0.15) is 5.69 Å². The molecule has 6 nitrogen and oxygen atoms in total. The molecular weight excluding hydrogens is 355 g/mol. The number of hydrogen-bond acceptors (Lipinski definition) is 4. The van der Waals surface area contributed by atoms with Crippen molar-refractivity contribution in [3.63, 3.8) is 0 Å². The van der Waals surface area contributed by atoms with Crippen molar-refractivity contribution in [1.82, 2.24) is 0 Å². The van der Waals surface area contributed by atoms with Gasteiger partial charge in [0.2, 0.25) is 0 Å². The normalized spacial score (nSPS) is 10.4. The molecule has 8 heteroatoms. The number of carbonyl (C=O) groups is 1. The molecule has 0 bridgehead atoms. The number of carbonyl (C=O) groups excluding carboxylic acids is 1. The maximum absolute atomic E-state index is 12.5. The molecule has 2 rings (SSSR count). The number of rotatable bonds is 4. The smallest absolute Gasteiger partial charge is 0.293 e. The number of nitrogens with zero attached hydrogens (tertiary/aromatic N) is 1. The number of amides is 1. The van der Waals surface area contributed by atoms with Crippen LogP contribution in [0, 0.1) is 24.0 Å². The molecule has 2 aromatic carbocycles. The van der Waals surface area contributed by atoms with Gasteiger partial charge in [-0.2, -0.15) is 0 Å². The minimum Gasteiger partial charge on any atom is -0.494 e. The maximum atomic E-state index is 12.5. The van der Waals surface area contributed by atoms with Gasteiger partial charge in [-0.25, -0.2) is 0 Å². The Morgan fingerprint density at radius 2 is 1.79 bits per heavy atom. The molecule has 0 saturated heterocycles. The van der Waals surface area contributed by atoms with Crippen LogP contribution in [0.25, 0.3) is 0 Å². The van der Waals surface area contributed by atoms with Crippen molar-refractivity contribution in [2.45, 2.75) is 13.8 Å². The summed E-state index contributed by atoms with van der Waals surface area (Å²) in [5, 5.41) is 14.1. The first-order chi connectivity index (χ1) is 11.3. The van der Waals surface area contributed by atoms with Crippen molar-refractivity contribution < 1.29 is 14.5 Å². The van der Waals surface area contributed by atoms with Gasteiger partial charge in [-0.1, -0.05) is 29.3 Å². The molecule has 0 saturated carbocycles. The van der Waals surface area contributed by atoms with Crippen LogP contribution in [-0.2, 0) is 0 Å². The third-order valence-electron chi connectivity index (χ3n) is 3.61. The van der Waals surface area contributed by atoms with E-state index >= 15 is 0 Å². The van der Waals surface area contributed by atoms with Gasteiger partial charge in [-0.05, 0) is 37.1 Å². The Hall–Kier alpha value is -2.31. The number of anilines is 1. The van der Waals surface area contributed by atoms with Gasteiger partial charge < -0.3 is 10.1 Å². The molecule has 0 aliphatic carbocycles. The van der Waals surface area contributed by atoms with E-state index in [4.69, 9.17) is 27.9 Å². The summed E-state index contributed by atoms with van der Waals surface area (Å²) in [5.41, 5.74) is 1.57. The van der Waals surface area contributed by atoms with Crippen LogP contribution in [0.3, 0.4) is 0 Å². The fraction of sp³-hybridized carbons (Fsp3) is 0.188. The Morgan fingerprint density at radius 3 is 2.29 bits per heavy atom. The number of nitro groups is 1. The van der Waals surface area contributed by atoms with Crippen LogP contribution in [0.2, 0.25) is 10.0 Å². The fourth-order valence-electron chi connectivity index (χ4n) is 2.18. The van der Waals surface area contributed by atoms with E-state index in [1.54, 1.807) is 19.9 Å². The van der Waals surface area contributed by atoms with Crippen LogP contribution in [-0.4, -0.2) is 17.9 Å². The van der Waals surface area contributed by atoms with Gasteiger partial charge in [-0.15, -0.1) is 0 Å². The predicted octanol–water partition coefficient (Wildman–Crippen LogP) is 4.78. The highest BCUT2D eigenvalue weighted by molar-refractivity contribution is 6.37. The molecule has 0 aliphatic heterocycles. The standard InChI is InChI=1S/C16H14Cl2N2O4/c1-8-4-5-13(20(22)23)14(9(8)2)19-16(21)10-6-11(17)15(24-3)12(18)7-10/h4-7H,1-3H3,(H,19,21). The average Bonchev–Trinajstić information content (AvgIpc) is 2.51. The van der Waals surface area contributed by atoms with E-state index < -0.39 is 10.8 Å². The molecule has 126 valence electrons. The Bertz CT molecular complexity index is 814. The van der Waals surface area contributed by atoms with Crippen LogP contribution < -0.4 is 10.1 Å². The molecular formula is C16H14Cl2N2O4. The van der Waals surface area contributed by atoms with Gasteiger partial charge in [0, 0.05) is 11.6 Å². The van der Waals surface area contributed by atoms with E-state index in [9.17, 15) is 14.9 Å². The summed E-state index contributed by atoms with van der Waals surface area (Å²) < 4.78 is 5.03. The van der Waals surface area contributed by atoms with E-state index in [-0.39, 0.29) is 32.7 Å². The van der Waals surface area contributed by atoms with Crippen LogP contribution >= 0.6 is 23.2 Å². The number of nitrogens with one attached hydrogen (secondary N) is 1. The van der Waals surface area contributed by atoms with E-state index in [0.717, 1.165) is 5.56 Å². The molecule has 0 radical (unpaired) electrons. The predicted molar refractivity (Wildman–Crippen MR) is 93.5 cm³/mol. The third kappa shape index (κ3) is 3.44. The Balaban J connectivity index is 2.44. The quantitative estimate of drug-likeness (QED) is 0.621. The molecule has 0 heterocycles. The summed E-state index contributed by atoms with van der Waals surface area (Å²) in [5.74, 6) is -0.300. The molecule has 0 atom stereocenters. The monoisotopic (exact) mass is 368 g/mol. The Labute approximate surface area is 148 Å². The molecule has 0 unspecified atom stereocenters. The lowest BCUT2D eigenvalue weighted by Crippen LogP contribution is -2.15. The first-order valence-electron chi connectivity index (χ1n) is 6.85. The van der Waals surface area contributed by atoms with Crippen molar-refractivity contribution in [2.75, 3.05) is 12.4 Å². The van der Waals surface area contributed by atoms with Crippen molar-refractivity contribution in [2.24, 2.45) is 0 Å². The van der Waals surface area contributed by atoms with Crippen molar-refractivity contribution >= 4 is 40.5 Å². The average molecular weight is 369 g/mol. The second-order valence-corrected chi connectivity index (χ2v) is 5.90. The Morgan fingerprint density at radius 1 is 1.21 bits per heavy atom. The summed E-state index contributed by atoms with van der Waals surface area (Å²) in [6.45, 7) is 3.50. The minimum absolute atomic E-state index is 0.146. The highest BCUT2D eigenvalue weighted by atomic mass is 35.5. The molecule has 24 heavy (non-hydrogen) atoms. The maximum Gasteiger partial charge on any atom is 0.293 e. The van der Waals surface area contributed by atoms with Gasteiger partial charge in [0.05, 0.1) is 22.1 Å². The zero-order valence-electron chi connectivity index (χ0n) is 13.1. The third-order valence-corrected chi connectivity index (χ3v) is 4.18. The number of halogens is 2. The van der Waals surface area contributed by atoms with Crippen molar-refractivity contribution in [1.29, 1.82) is 0 Å². The van der Waals surface area contributed by atoms with Crippen LogP contribution in [0.15, 0.2) is 24.3 Å². The largest absolute Gasteiger partial charge is 0.494 e. The summed E-state index contributed by atoms with van der Waals surface area (Å²) in [6, 6.07) is 5.76. The zero-order chi connectivity index (χ0) is 18.0. The van der Waals surface area contributed by atoms with Gasteiger partial charge in [0.15, 0.2) is 5.75 Å². The molecule has 2 aromatic rings. The summed E-state index contributed by atoms with van der Waals surface area (Å²) in [4.78, 5) is 23.1. The van der Waals surface area contributed by atoms with Crippen LogP contribution in [0.1, 0.15) is 21.5 Å². The first-order valence-corrected chi connectivity index (χ1v) is 7.60. The number of benzene rings is 2. The number of aryl methyl sites for hydroxylation is 1. The molecule has 1 amide bonds. The number of ether oxygens (including phenoxy) is 1. The SMILES string of the molecule is COc1c(Cl)cc(C(=O)Nc2c([N+](=O)[O-])ccc(C)c2C)cc1Cl. The zero-order valence-corrected chi connectivity index (χ0v) is 14.7. The molecule has 0 fully saturated rings. The van der Waals surface area contributed by atoms with E-state index in [1.807, 2.05) is 0 Å². The van der Waals surface area contributed by atoms with Gasteiger partial charge >= 0.3 is 0 Å². The highest BCUT2D eigenvalue weighted by Crippen LogP contribution is 2.35. The number of methoxy groups -OCH3 is 1. The van der Waals surface area contributed by atoms with Crippen LogP contribution in [0.4, 0.5) is 11.4 Å². The number of hydrogen-bond donors (Lipinski definition) is 1. The number of nitro benzene ring substituents is 1. The molecule has 0 spiro atoms. The van der Waals surface area contributed by atoms with Crippen LogP contribution in [0.5, 0.6) is 5.75 Å². The minimum atomic E-state index is -0.557. The summed E-state index contributed by atoms with van der Waals surface area (Å²) in [6.07, 6.45) is 0.